The highest BCUT2D eigenvalue weighted by Gasteiger charge is 2.25. The molecular weight excluding hydrogens is 208 g/mol. The fourth-order valence-corrected chi connectivity index (χ4v) is 2.82. The summed E-state index contributed by atoms with van der Waals surface area (Å²) < 4.78 is 0. The molecule has 0 bridgehead atoms. The largest absolute Gasteiger partial charge is 0.320 e. The van der Waals surface area contributed by atoms with E-state index in [1.165, 1.54) is 31.4 Å². The molecule has 1 N–H and O–H groups in total. The van der Waals surface area contributed by atoms with Crippen molar-refractivity contribution in [2.45, 2.75) is 32.2 Å². The topological polar surface area (TPSA) is 15.3 Å². The first kappa shape index (κ1) is 12.6. The minimum absolute atomic E-state index is 0.641. The van der Waals surface area contributed by atoms with Gasteiger partial charge in [-0.2, -0.15) is 0 Å². The van der Waals surface area contributed by atoms with E-state index in [-0.39, 0.29) is 0 Å². The molecule has 0 fully saturated rings. The maximum absolute atomic E-state index is 3.22. The quantitative estimate of drug-likeness (QED) is 0.785. The zero-order valence-electron chi connectivity index (χ0n) is 11.3. The Hall–Kier alpha value is -0.860. The molecule has 2 heteroatoms. The van der Waals surface area contributed by atoms with Crippen LogP contribution < -0.4 is 5.32 Å². The van der Waals surface area contributed by atoms with Gasteiger partial charge in [0, 0.05) is 6.04 Å². The Morgan fingerprint density at radius 2 is 2.24 bits per heavy atom. The van der Waals surface area contributed by atoms with Gasteiger partial charge in [-0.3, -0.25) is 4.90 Å². The highest BCUT2D eigenvalue weighted by molar-refractivity contribution is 5.37. The molecule has 0 aromatic heterocycles. The summed E-state index contributed by atoms with van der Waals surface area (Å²) >= 11 is 0. The molecule has 0 amide bonds. The standard InChI is InChI=1S/C15H24N2/c1-12-5-6-13-7-8-15(14(13)11-12)17(3)10-4-9-16-2/h5-6,11,15-16H,4,7-10H2,1-3H3. The van der Waals surface area contributed by atoms with Crippen molar-refractivity contribution in [2.75, 3.05) is 27.2 Å². The Kier molecular flexibility index (Phi) is 4.19. The summed E-state index contributed by atoms with van der Waals surface area (Å²) in [6, 6.07) is 7.57. The van der Waals surface area contributed by atoms with Crippen LogP contribution in [0, 0.1) is 6.92 Å². The van der Waals surface area contributed by atoms with Crippen LogP contribution in [0.4, 0.5) is 0 Å². The van der Waals surface area contributed by atoms with E-state index in [0.717, 1.165) is 6.54 Å². The van der Waals surface area contributed by atoms with Crippen LogP contribution in [0.5, 0.6) is 0 Å². The number of rotatable bonds is 5. The van der Waals surface area contributed by atoms with Crippen molar-refractivity contribution in [1.82, 2.24) is 10.2 Å². The monoisotopic (exact) mass is 232 g/mol. The van der Waals surface area contributed by atoms with E-state index >= 15 is 0 Å². The van der Waals surface area contributed by atoms with Crippen molar-refractivity contribution in [1.29, 1.82) is 0 Å². The van der Waals surface area contributed by atoms with Gasteiger partial charge >= 0.3 is 0 Å². The zero-order chi connectivity index (χ0) is 12.3. The highest BCUT2D eigenvalue weighted by atomic mass is 15.1. The molecule has 1 aromatic rings. The van der Waals surface area contributed by atoms with Gasteiger partial charge in [0.1, 0.15) is 0 Å². The molecule has 1 atom stereocenters. The molecule has 1 aromatic carbocycles. The van der Waals surface area contributed by atoms with Crippen LogP contribution in [0.3, 0.4) is 0 Å². The van der Waals surface area contributed by atoms with E-state index in [0.29, 0.717) is 6.04 Å². The SMILES string of the molecule is CNCCCN(C)C1CCc2ccc(C)cc21. The molecule has 0 spiro atoms. The van der Waals surface area contributed by atoms with Crippen LogP contribution in [0.1, 0.15) is 35.6 Å². The lowest BCUT2D eigenvalue weighted by molar-refractivity contribution is 0.241. The Morgan fingerprint density at radius 1 is 1.41 bits per heavy atom. The first-order valence-electron chi connectivity index (χ1n) is 6.66. The maximum atomic E-state index is 3.22. The number of nitrogens with one attached hydrogen (secondary N) is 1. The number of hydrogen-bond donors (Lipinski definition) is 1. The van der Waals surface area contributed by atoms with Gasteiger partial charge in [0.05, 0.1) is 0 Å². The summed E-state index contributed by atoms with van der Waals surface area (Å²) in [6.07, 6.45) is 3.76. The molecule has 0 radical (unpaired) electrons. The minimum atomic E-state index is 0.641. The molecule has 1 aliphatic carbocycles. The average Bonchev–Trinajstić information content (AvgIpc) is 2.72. The number of benzene rings is 1. The van der Waals surface area contributed by atoms with Gasteiger partial charge < -0.3 is 5.32 Å². The van der Waals surface area contributed by atoms with Crippen LogP contribution in [-0.4, -0.2) is 32.1 Å². The van der Waals surface area contributed by atoms with Crippen molar-refractivity contribution < 1.29 is 0 Å². The number of aryl methyl sites for hydroxylation is 2. The van der Waals surface area contributed by atoms with Gasteiger partial charge in [-0.25, -0.2) is 0 Å². The zero-order valence-corrected chi connectivity index (χ0v) is 11.3. The normalized spacial score (nSPS) is 18.7. The van der Waals surface area contributed by atoms with Crippen LogP contribution in [-0.2, 0) is 6.42 Å². The second-order valence-corrected chi connectivity index (χ2v) is 5.19. The summed E-state index contributed by atoms with van der Waals surface area (Å²) in [5.41, 5.74) is 4.51. The minimum Gasteiger partial charge on any atom is -0.320 e. The number of nitrogens with zero attached hydrogens (tertiary/aromatic N) is 1. The van der Waals surface area contributed by atoms with Crippen molar-refractivity contribution in [3.63, 3.8) is 0 Å². The van der Waals surface area contributed by atoms with Gasteiger partial charge in [0.25, 0.3) is 0 Å². The fraction of sp³-hybridized carbons (Fsp3) is 0.600. The molecule has 1 aliphatic rings. The van der Waals surface area contributed by atoms with Crippen molar-refractivity contribution in [3.8, 4) is 0 Å². The number of hydrogen-bond acceptors (Lipinski definition) is 2. The van der Waals surface area contributed by atoms with Gasteiger partial charge in [0.2, 0.25) is 0 Å². The molecule has 2 nitrogen and oxygen atoms in total. The second kappa shape index (κ2) is 5.65. The number of fused-ring (bicyclic) bond motifs is 1. The van der Waals surface area contributed by atoms with Crippen molar-refractivity contribution >= 4 is 0 Å². The van der Waals surface area contributed by atoms with Crippen LogP contribution in [0.25, 0.3) is 0 Å². The maximum Gasteiger partial charge on any atom is 0.0351 e. The molecular formula is C15H24N2. The van der Waals surface area contributed by atoms with Gasteiger partial charge in [-0.05, 0) is 64.5 Å². The smallest absolute Gasteiger partial charge is 0.0351 e. The van der Waals surface area contributed by atoms with Crippen molar-refractivity contribution in [2.24, 2.45) is 0 Å². The Bertz CT molecular complexity index is 373. The summed E-state index contributed by atoms with van der Waals surface area (Å²) in [6.45, 7) is 4.48. The third-order valence-electron chi connectivity index (χ3n) is 3.82. The molecule has 2 rings (SSSR count). The van der Waals surface area contributed by atoms with Gasteiger partial charge in [-0.15, -0.1) is 0 Å². The van der Waals surface area contributed by atoms with Crippen LogP contribution in [0.2, 0.25) is 0 Å². The highest BCUT2D eigenvalue weighted by Crippen LogP contribution is 2.35. The lowest BCUT2D eigenvalue weighted by Crippen LogP contribution is -2.26. The summed E-state index contributed by atoms with van der Waals surface area (Å²) in [7, 11) is 4.28. The van der Waals surface area contributed by atoms with E-state index in [4.69, 9.17) is 0 Å². The third-order valence-corrected chi connectivity index (χ3v) is 3.82. The molecule has 0 saturated carbocycles. The third kappa shape index (κ3) is 2.88. The van der Waals surface area contributed by atoms with Crippen LogP contribution >= 0.6 is 0 Å². The first-order valence-corrected chi connectivity index (χ1v) is 6.66. The first-order chi connectivity index (χ1) is 8.22. The Balaban J connectivity index is 2.02. The lowest BCUT2D eigenvalue weighted by atomic mass is 10.0. The second-order valence-electron chi connectivity index (χ2n) is 5.19. The summed E-state index contributed by atoms with van der Waals surface area (Å²) in [4.78, 5) is 2.52. The van der Waals surface area contributed by atoms with E-state index in [2.05, 4.69) is 42.4 Å². The van der Waals surface area contributed by atoms with E-state index in [1.54, 1.807) is 11.1 Å². The predicted octanol–water partition coefficient (Wildman–Crippen LogP) is 2.52. The summed E-state index contributed by atoms with van der Waals surface area (Å²) in [5.74, 6) is 0. The van der Waals surface area contributed by atoms with E-state index in [9.17, 15) is 0 Å². The molecule has 94 valence electrons. The van der Waals surface area contributed by atoms with E-state index in [1.807, 2.05) is 7.05 Å². The molecule has 0 heterocycles. The van der Waals surface area contributed by atoms with Crippen LogP contribution in [0.15, 0.2) is 18.2 Å². The molecule has 17 heavy (non-hydrogen) atoms. The Labute approximate surface area is 105 Å². The predicted molar refractivity (Wildman–Crippen MR) is 73.4 cm³/mol. The summed E-state index contributed by atoms with van der Waals surface area (Å²) in [5, 5.41) is 3.22. The fourth-order valence-electron chi connectivity index (χ4n) is 2.82. The van der Waals surface area contributed by atoms with E-state index < -0.39 is 0 Å². The van der Waals surface area contributed by atoms with Gasteiger partial charge in [0.15, 0.2) is 0 Å². The average molecular weight is 232 g/mol. The van der Waals surface area contributed by atoms with Gasteiger partial charge in [-0.1, -0.05) is 23.8 Å². The van der Waals surface area contributed by atoms with Crippen molar-refractivity contribution in [3.05, 3.63) is 34.9 Å². The molecule has 1 unspecified atom stereocenters. The molecule has 0 saturated heterocycles. The molecule has 0 aliphatic heterocycles. The Morgan fingerprint density at radius 3 is 3.00 bits per heavy atom. The lowest BCUT2D eigenvalue weighted by Gasteiger charge is -2.25.